The average Bonchev–Trinajstić information content (AvgIpc) is 3.11. The minimum absolute atomic E-state index is 0.0841. The summed E-state index contributed by atoms with van der Waals surface area (Å²) >= 11 is 1.35. The number of amides is 2. The molecule has 0 saturated carbocycles. The van der Waals surface area contributed by atoms with Crippen LogP contribution < -0.4 is 5.32 Å². The summed E-state index contributed by atoms with van der Waals surface area (Å²) in [4.78, 5) is 26.8. The summed E-state index contributed by atoms with van der Waals surface area (Å²) in [6.45, 7) is 1.39. The van der Waals surface area contributed by atoms with Crippen molar-refractivity contribution in [1.29, 1.82) is 0 Å². The molecule has 2 aromatic carbocycles. The highest BCUT2D eigenvalue weighted by Crippen LogP contribution is 2.21. The molecule has 30 heavy (non-hydrogen) atoms. The molecule has 7 nitrogen and oxygen atoms in total. The van der Waals surface area contributed by atoms with Crippen molar-refractivity contribution in [3.8, 4) is 0 Å². The van der Waals surface area contributed by atoms with E-state index in [-0.39, 0.29) is 18.2 Å². The lowest BCUT2D eigenvalue weighted by molar-refractivity contribution is -0.129. The van der Waals surface area contributed by atoms with Crippen LogP contribution in [0.4, 0.5) is 5.69 Å². The zero-order valence-corrected chi connectivity index (χ0v) is 17.6. The summed E-state index contributed by atoms with van der Waals surface area (Å²) in [7, 11) is 1.81. The number of fused-ring (bicyclic) bond motifs is 1. The first-order valence-electron chi connectivity index (χ1n) is 9.80. The van der Waals surface area contributed by atoms with Gasteiger partial charge in [0.1, 0.15) is 5.82 Å². The van der Waals surface area contributed by atoms with Gasteiger partial charge < -0.3 is 14.8 Å². The summed E-state index contributed by atoms with van der Waals surface area (Å²) in [5.41, 5.74) is 3.28. The minimum atomic E-state index is -0.156. The number of nitrogens with zero attached hydrogens (tertiary/aromatic N) is 4. The van der Waals surface area contributed by atoms with E-state index in [1.54, 1.807) is 4.57 Å². The van der Waals surface area contributed by atoms with Crippen molar-refractivity contribution < 1.29 is 9.59 Å². The molecule has 1 N–H and O–H groups in total. The summed E-state index contributed by atoms with van der Waals surface area (Å²) in [6, 6.07) is 17.6. The van der Waals surface area contributed by atoms with Crippen LogP contribution in [0, 0.1) is 0 Å². The number of aromatic nitrogens is 3. The van der Waals surface area contributed by atoms with E-state index in [1.807, 2.05) is 54.4 Å². The van der Waals surface area contributed by atoms with Crippen LogP contribution in [0.15, 0.2) is 59.8 Å². The number of rotatable bonds is 6. The monoisotopic (exact) mass is 421 g/mol. The predicted molar refractivity (Wildman–Crippen MR) is 116 cm³/mol. The standard InChI is InChI=1S/C22H23N5O2S/c1-26-19(13-20(28)23-18-9-3-2-4-10-18)24-25-22(26)30-15-21(29)27-12-11-16-7-5-6-8-17(16)14-27/h2-10H,11-15H2,1H3,(H,23,28). The molecule has 0 saturated heterocycles. The first-order chi connectivity index (χ1) is 14.6. The van der Waals surface area contributed by atoms with Crippen LogP contribution in [0.25, 0.3) is 0 Å². The quantitative estimate of drug-likeness (QED) is 0.619. The third kappa shape index (κ3) is 4.71. The fraction of sp³-hybridized carbons (Fsp3) is 0.273. The number of anilines is 1. The van der Waals surface area contributed by atoms with Crippen molar-refractivity contribution in [3.63, 3.8) is 0 Å². The summed E-state index contributed by atoms with van der Waals surface area (Å²) in [6.07, 6.45) is 1.01. The molecule has 1 aliphatic heterocycles. The number of benzene rings is 2. The van der Waals surface area contributed by atoms with Crippen molar-refractivity contribution in [2.75, 3.05) is 17.6 Å². The number of hydrogen-bond donors (Lipinski definition) is 1. The number of para-hydroxylation sites is 1. The minimum Gasteiger partial charge on any atom is -0.337 e. The highest BCUT2D eigenvalue weighted by Gasteiger charge is 2.21. The second kappa shape index (κ2) is 9.13. The zero-order valence-electron chi connectivity index (χ0n) is 16.7. The third-order valence-corrected chi connectivity index (χ3v) is 6.11. The van der Waals surface area contributed by atoms with E-state index in [1.165, 1.54) is 22.9 Å². The topological polar surface area (TPSA) is 80.1 Å². The van der Waals surface area contributed by atoms with E-state index in [9.17, 15) is 9.59 Å². The van der Waals surface area contributed by atoms with Crippen molar-refractivity contribution in [2.45, 2.75) is 24.5 Å². The maximum Gasteiger partial charge on any atom is 0.233 e. The first-order valence-corrected chi connectivity index (χ1v) is 10.8. The Balaban J connectivity index is 1.31. The van der Waals surface area contributed by atoms with Gasteiger partial charge in [-0.05, 0) is 29.7 Å². The maximum atomic E-state index is 12.7. The highest BCUT2D eigenvalue weighted by molar-refractivity contribution is 7.99. The number of carbonyl (C=O) groups is 2. The fourth-order valence-corrected chi connectivity index (χ4v) is 4.25. The van der Waals surface area contributed by atoms with Gasteiger partial charge in [-0.3, -0.25) is 9.59 Å². The molecule has 0 bridgehead atoms. The molecule has 154 valence electrons. The molecule has 0 atom stereocenters. The molecule has 0 radical (unpaired) electrons. The van der Waals surface area contributed by atoms with Gasteiger partial charge >= 0.3 is 0 Å². The van der Waals surface area contributed by atoms with Gasteiger partial charge in [0.25, 0.3) is 0 Å². The molecule has 0 aliphatic carbocycles. The first kappa shape index (κ1) is 20.2. The molecule has 4 rings (SSSR count). The van der Waals surface area contributed by atoms with Crippen LogP contribution in [-0.4, -0.2) is 43.8 Å². The Kier molecular flexibility index (Phi) is 6.13. The van der Waals surface area contributed by atoms with Crippen LogP contribution in [0.3, 0.4) is 0 Å². The van der Waals surface area contributed by atoms with Gasteiger partial charge in [-0.25, -0.2) is 0 Å². The Bertz CT molecular complexity index is 1050. The summed E-state index contributed by atoms with van der Waals surface area (Å²) in [5, 5.41) is 11.7. The normalized spacial score (nSPS) is 13.0. The van der Waals surface area contributed by atoms with E-state index in [2.05, 4.69) is 27.6 Å². The predicted octanol–water partition coefficient (Wildman–Crippen LogP) is 2.67. The number of carbonyl (C=O) groups excluding carboxylic acids is 2. The van der Waals surface area contributed by atoms with Crippen LogP contribution in [-0.2, 0) is 36.0 Å². The number of hydrogen-bond acceptors (Lipinski definition) is 5. The van der Waals surface area contributed by atoms with Crippen LogP contribution in [0.1, 0.15) is 17.0 Å². The molecule has 2 amide bonds. The molecule has 3 aromatic rings. The molecule has 0 fully saturated rings. The van der Waals surface area contributed by atoms with Gasteiger partial charge in [-0.15, -0.1) is 10.2 Å². The molecule has 1 aliphatic rings. The summed E-state index contributed by atoms with van der Waals surface area (Å²) in [5.74, 6) is 0.784. The Morgan fingerprint density at radius 1 is 1.03 bits per heavy atom. The van der Waals surface area contributed by atoms with Gasteiger partial charge in [0.15, 0.2) is 5.16 Å². The maximum absolute atomic E-state index is 12.7. The number of nitrogens with one attached hydrogen (secondary N) is 1. The van der Waals surface area contributed by atoms with E-state index in [4.69, 9.17) is 0 Å². The molecule has 0 unspecified atom stereocenters. The fourth-order valence-electron chi connectivity index (χ4n) is 3.42. The van der Waals surface area contributed by atoms with Gasteiger partial charge in [0.05, 0.1) is 12.2 Å². The third-order valence-electron chi connectivity index (χ3n) is 5.11. The highest BCUT2D eigenvalue weighted by atomic mass is 32.2. The van der Waals surface area contributed by atoms with Gasteiger partial charge in [-0.2, -0.15) is 0 Å². The SMILES string of the molecule is Cn1c(CC(=O)Nc2ccccc2)nnc1SCC(=O)N1CCc2ccccc2C1. The lowest BCUT2D eigenvalue weighted by Gasteiger charge is -2.28. The van der Waals surface area contributed by atoms with Crippen LogP contribution in [0.2, 0.25) is 0 Å². The average molecular weight is 422 g/mol. The van der Waals surface area contributed by atoms with Crippen molar-refractivity contribution in [2.24, 2.45) is 7.05 Å². The molecule has 0 spiro atoms. The lowest BCUT2D eigenvalue weighted by atomic mass is 10.00. The van der Waals surface area contributed by atoms with Gasteiger partial charge in [-0.1, -0.05) is 54.2 Å². The largest absolute Gasteiger partial charge is 0.337 e. The number of thioether (sulfide) groups is 1. The molecule has 1 aromatic heterocycles. The summed E-state index contributed by atoms with van der Waals surface area (Å²) < 4.78 is 1.77. The molecular formula is C22H23N5O2S. The Morgan fingerprint density at radius 2 is 1.77 bits per heavy atom. The van der Waals surface area contributed by atoms with Crippen molar-refractivity contribution >= 4 is 29.3 Å². The van der Waals surface area contributed by atoms with E-state index in [0.29, 0.717) is 23.3 Å². The van der Waals surface area contributed by atoms with Gasteiger partial charge in [0, 0.05) is 25.8 Å². The lowest BCUT2D eigenvalue weighted by Crippen LogP contribution is -2.37. The Morgan fingerprint density at radius 3 is 2.57 bits per heavy atom. The Labute approximate surface area is 179 Å². The second-order valence-corrected chi connectivity index (χ2v) is 8.11. The molecule has 2 heterocycles. The van der Waals surface area contributed by atoms with Crippen LogP contribution >= 0.6 is 11.8 Å². The second-order valence-electron chi connectivity index (χ2n) is 7.17. The van der Waals surface area contributed by atoms with Gasteiger partial charge in [0.2, 0.25) is 11.8 Å². The van der Waals surface area contributed by atoms with E-state index >= 15 is 0 Å². The van der Waals surface area contributed by atoms with Crippen LogP contribution in [0.5, 0.6) is 0 Å². The van der Waals surface area contributed by atoms with Crippen molar-refractivity contribution in [3.05, 3.63) is 71.5 Å². The van der Waals surface area contributed by atoms with E-state index < -0.39 is 0 Å². The Hall–Kier alpha value is -3.13. The van der Waals surface area contributed by atoms with E-state index in [0.717, 1.165) is 18.7 Å². The molecular weight excluding hydrogens is 398 g/mol. The smallest absolute Gasteiger partial charge is 0.233 e. The zero-order chi connectivity index (χ0) is 20.9. The van der Waals surface area contributed by atoms with Crippen molar-refractivity contribution in [1.82, 2.24) is 19.7 Å². The molecule has 8 heteroatoms.